The molecular weight excluding hydrogens is 280 g/mol. The monoisotopic (exact) mass is 300 g/mol. The molecule has 2 fully saturated rings. The van der Waals surface area contributed by atoms with Crippen LogP contribution in [0, 0.1) is 18.8 Å². The molecule has 21 heavy (non-hydrogen) atoms. The Kier molecular flexibility index (Phi) is 2.96. The number of rotatable bonds is 2. The van der Waals surface area contributed by atoms with Gasteiger partial charge in [0.1, 0.15) is 4.88 Å². The first-order valence-corrected chi connectivity index (χ1v) is 8.53. The summed E-state index contributed by atoms with van der Waals surface area (Å²) in [7, 11) is 0. The predicted molar refractivity (Wildman–Crippen MR) is 87.7 cm³/mol. The lowest BCUT2D eigenvalue weighted by molar-refractivity contribution is 0.0928. The van der Waals surface area contributed by atoms with Gasteiger partial charge in [0.05, 0.1) is 5.69 Å². The maximum absolute atomic E-state index is 12.6. The Bertz CT molecular complexity index is 721. The first kappa shape index (κ1) is 13.1. The van der Waals surface area contributed by atoms with Gasteiger partial charge in [0.2, 0.25) is 0 Å². The van der Waals surface area contributed by atoms with Crippen molar-refractivity contribution in [3.8, 4) is 0 Å². The van der Waals surface area contributed by atoms with Crippen molar-refractivity contribution in [2.24, 2.45) is 11.8 Å². The number of carbonyl (C=O) groups excluding carboxylic acids is 1. The zero-order valence-electron chi connectivity index (χ0n) is 12.2. The van der Waals surface area contributed by atoms with Crippen LogP contribution in [0.25, 0.3) is 10.1 Å². The molecule has 4 heteroatoms. The normalized spacial score (nSPS) is 27.4. The lowest BCUT2D eigenvalue weighted by Crippen LogP contribution is -2.38. The lowest BCUT2D eigenvalue weighted by Gasteiger charge is -2.22. The van der Waals surface area contributed by atoms with Crippen LogP contribution in [0.1, 0.15) is 40.9 Å². The third-order valence-electron chi connectivity index (χ3n) is 5.14. The minimum Gasteiger partial charge on any atom is -0.397 e. The molecule has 1 heterocycles. The van der Waals surface area contributed by atoms with Crippen molar-refractivity contribution in [1.29, 1.82) is 0 Å². The van der Waals surface area contributed by atoms with Crippen LogP contribution in [0.5, 0.6) is 0 Å². The van der Waals surface area contributed by atoms with Crippen LogP contribution >= 0.6 is 11.3 Å². The van der Waals surface area contributed by atoms with Crippen LogP contribution in [0.4, 0.5) is 5.69 Å². The molecule has 0 radical (unpaired) electrons. The maximum atomic E-state index is 12.6. The van der Waals surface area contributed by atoms with Gasteiger partial charge in [-0.25, -0.2) is 0 Å². The summed E-state index contributed by atoms with van der Waals surface area (Å²) in [5.41, 5.74) is 8.02. The van der Waals surface area contributed by atoms with Crippen molar-refractivity contribution in [2.45, 2.75) is 38.6 Å². The Morgan fingerprint density at radius 3 is 2.90 bits per heavy atom. The van der Waals surface area contributed by atoms with E-state index in [0.29, 0.717) is 22.5 Å². The molecule has 2 aliphatic carbocycles. The molecule has 0 aliphatic heterocycles. The average molecular weight is 300 g/mol. The van der Waals surface area contributed by atoms with Gasteiger partial charge in [-0.3, -0.25) is 4.79 Å². The number of thiophene rings is 1. The fourth-order valence-electron chi connectivity index (χ4n) is 4.05. The fourth-order valence-corrected chi connectivity index (χ4v) is 5.17. The number of anilines is 1. The molecule has 0 saturated heterocycles. The number of benzene rings is 1. The molecule has 1 aromatic carbocycles. The summed E-state index contributed by atoms with van der Waals surface area (Å²) in [5.74, 6) is 1.54. The molecule has 3 atom stereocenters. The second-order valence-corrected chi connectivity index (χ2v) is 7.65. The molecule has 1 aromatic heterocycles. The first-order chi connectivity index (χ1) is 10.1. The number of nitrogens with one attached hydrogen (secondary N) is 1. The Morgan fingerprint density at radius 1 is 1.33 bits per heavy atom. The standard InChI is InChI=1S/C17H20N2OS/c1-9-2-5-12-14(6-9)21-16(15(12)18)17(20)19-13-8-10-3-4-11(13)7-10/h2,5-6,10-11,13H,3-4,7-8,18H2,1H3,(H,19,20). The fraction of sp³-hybridized carbons (Fsp3) is 0.471. The van der Waals surface area contributed by atoms with Crippen LogP contribution in [-0.4, -0.2) is 11.9 Å². The topological polar surface area (TPSA) is 55.1 Å². The van der Waals surface area contributed by atoms with E-state index in [1.54, 1.807) is 0 Å². The molecule has 110 valence electrons. The molecule has 1 amide bonds. The summed E-state index contributed by atoms with van der Waals surface area (Å²) in [5, 5.41) is 4.24. The summed E-state index contributed by atoms with van der Waals surface area (Å²) in [6.45, 7) is 2.06. The van der Waals surface area contributed by atoms with E-state index in [-0.39, 0.29) is 5.91 Å². The number of hydrogen-bond acceptors (Lipinski definition) is 3. The minimum atomic E-state index is 0.0175. The summed E-state index contributed by atoms with van der Waals surface area (Å²) in [6, 6.07) is 6.53. The van der Waals surface area contributed by atoms with E-state index < -0.39 is 0 Å². The molecule has 2 bridgehead atoms. The van der Waals surface area contributed by atoms with Crippen LogP contribution in [-0.2, 0) is 0 Å². The number of amides is 1. The van der Waals surface area contributed by atoms with E-state index in [0.717, 1.165) is 22.4 Å². The van der Waals surface area contributed by atoms with E-state index in [4.69, 9.17) is 5.73 Å². The molecule has 2 saturated carbocycles. The molecule has 3 N–H and O–H groups in total. The molecule has 0 spiro atoms. The average Bonchev–Trinajstić information content (AvgIpc) is 3.13. The van der Waals surface area contributed by atoms with Gasteiger partial charge in [-0.1, -0.05) is 18.6 Å². The van der Waals surface area contributed by atoms with E-state index in [9.17, 15) is 4.79 Å². The summed E-state index contributed by atoms with van der Waals surface area (Å²) in [4.78, 5) is 13.3. The third-order valence-corrected chi connectivity index (χ3v) is 6.31. The number of aryl methyl sites for hydroxylation is 1. The Hall–Kier alpha value is -1.55. The van der Waals surface area contributed by atoms with Crippen LogP contribution in [0.2, 0.25) is 0 Å². The SMILES string of the molecule is Cc1ccc2c(N)c(C(=O)NC3CC4CCC3C4)sc2c1. The lowest BCUT2D eigenvalue weighted by atomic mass is 9.95. The Labute approximate surface area is 128 Å². The van der Waals surface area contributed by atoms with Crippen molar-refractivity contribution in [3.63, 3.8) is 0 Å². The van der Waals surface area contributed by atoms with Gasteiger partial charge < -0.3 is 11.1 Å². The van der Waals surface area contributed by atoms with E-state index in [1.807, 2.05) is 12.1 Å². The van der Waals surface area contributed by atoms with Gasteiger partial charge >= 0.3 is 0 Å². The maximum Gasteiger partial charge on any atom is 0.263 e. The zero-order valence-corrected chi connectivity index (χ0v) is 13.0. The number of hydrogen-bond donors (Lipinski definition) is 2. The van der Waals surface area contributed by atoms with Gasteiger partial charge in [-0.05, 0) is 49.7 Å². The van der Waals surface area contributed by atoms with Crippen molar-refractivity contribution in [3.05, 3.63) is 28.6 Å². The minimum absolute atomic E-state index is 0.0175. The second-order valence-electron chi connectivity index (χ2n) is 6.60. The predicted octanol–water partition coefficient (Wildman–Crippen LogP) is 3.71. The highest BCUT2D eigenvalue weighted by Crippen LogP contribution is 2.44. The highest BCUT2D eigenvalue weighted by molar-refractivity contribution is 7.21. The number of nitrogen functional groups attached to an aromatic ring is 1. The molecule has 2 aromatic rings. The van der Waals surface area contributed by atoms with Crippen LogP contribution < -0.4 is 11.1 Å². The molecule has 3 nitrogen and oxygen atoms in total. The zero-order chi connectivity index (χ0) is 14.6. The quantitative estimate of drug-likeness (QED) is 0.888. The smallest absolute Gasteiger partial charge is 0.263 e. The van der Waals surface area contributed by atoms with Gasteiger partial charge in [0.25, 0.3) is 5.91 Å². The van der Waals surface area contributed by atoms with Crippen molar-refractivity contribution >= 4 is 33.0 Å². The third kappa shape index (κ3) is 2.13. The van der Waals surface area contributed by atoms with Gasteiger partial charge in [-0.2, -0.15) is 0 Å². The Morgan fingerprint density at radius 2 is 2.19 bits per heavy atom. The summed E-state index contributed by atoms with van der Waals surface area (Å²) < 4.78 is 1.10. The van der Waals surface area contributed by atoms with Crippen molar-refractivity contribution in [2.75, 3.05) is 5.73 Å². The number of fused-ring (bicyclic) bond motifs is 3. The molecule has 4 rings (SSSR count). The Balaban J connectivity index is 1.60. The molecule has 3 unspecified atom stereocenters. The highest BCUT2D eigenvalue weighted by atomic mass is 32.1. The van der Waals surface area contributed by atoms with Crippen LogP contribution in [0.3, 0.4) is 0 Å². The van der Waals surface area contributed by atoms with Crippen molar-refractivity contribution < 1.29 is 4.79 Å². The van der Waals surface area contributed by atoms with Gasteiger partial charge in [0, 0.05) is 16.1 Å². The van der Waals surface area contributed by atoms with Gasteiger partial charge in [0.15, 0.2) is 0 Å². The van der Waals surface area contributed by atoms with E-state index in [1.165, 1.54) is 36.2 Å². The number of nitrogens with two attached hydrogens (primary N) is 1. The van der Waals surface area contributed by atoms with Crippen LogP contribution in [0.15, 0.2) is 18.2 Å². The van der Waals surface area contributed by atoms with Gasteiger partial charge in [-0.15, -0.1) is 11.3 Å². The highest BCUT2D eigenvalue weighted by Gasteiger charge is 2.40. The first-order valence-electron chi connectivity index (χ1n) is 7.71. The largest absolute Gasteiger partial charge is 0.397 e. The van der Waals surface area contributed by atoms with Crippen molar-refractivity contribution in [1.82, 2.24) is 5.32 Å². The van der Waals surface area contributed by atoms with E-state index >= 15 is 0 Å². The summed E-state index contributed by atoms with van der Waals surface area (Å²) in [6.07, 6.45) is 5.07. The number of carbonyl (C=O) groups is 1. The molecule has 2 aliphatic rings. The second kappa shape index (κ2) is 4.73. The summed E-state index contributed by atoms with van der Waals surface area (Å²) >= 11 is 1.51. The molecular formula is C17H20N2OS. The van der Waals surface area contributed by atoms with E-state index in [2.05, 4.69) is 18.3 Å².